The van der Waals surface area contributed by atoms with Crippen LogP contribution in [0.25, 0.3) is 11.0 Å². The first-order chi connectivity index (χ1) is 9.17. The SMILES string of the molecule is CC(C)(C)Cn1cc(CC(F)F)c2cc(F)c(Cl)nc21. The zero-order chi connectivity index (χ0) is 15.1. The highest BCUT2D eigenvalue weighted by atomic mass is 35.5. The standard InChI is InChI=1S/C14H16ClF3N2/c1-14(2,3)7-20-6-8(4-11(17)18)9-5-10(16)12(15)19-13(9)20/h5-6,11H,4,7H2,1-3H3. The van der Waals surface area contributed by atoms with Gasteiger partial charge in [-0.1, -0.05) is 32.4 Å². The van der Waals surface area contributed by atoms with Crippen LogP contribution in [0.15, 0.2) is 12.3 Å². The molecule has 0 saturated carbocycles. The van der Waals surface area contributed by atoms with E-state index in [0.29, 0.717) is 23.1 Å². The van der Waals surface area contributed by atoms with Gasteiger partial charge in [0, 0.05) is 24.5 Å². The summed E-state index contributed by atoms with van der Waals surface area (Å²) in [5.41, 5.74) is 0.778. The molecule has 2 aromatic heterocycles. The normalized spacial score (nSPS) is 12.6. The molecule has 6 heteroatoms. The Bertz CT molecular complexity index is 629. The highest BCUT2D eigenvalue weighted by Crippen LogP contribution is 2.28. The van der Waals surface area contributed by atoms with Gasteiger partial charge in [0.05, 0.1) is 0 Å². The molecule has 0 spiro atoms. The number of alkyl halides is 2. The maximum absolute atomic E-state index is 13.5. The predicted octanol–water partition coefficient (Wildman–Crippen LogP) is 4.68. The number of fused-ring (bicyclic) bond motifs is 1. The molecule has 0 fully saturated rings. The van der Waals surface area contributed by atoms with E-state index in [9.17, 15) is 13.2 Å². The number of nitrogens with zero attached hydrogens (tertiary/aromatic N) is 2. The molecule has 20 heavy (non-hydrogen) atoms. The Hall–Kier alpha value is -1.23. The second-order valence-electron chi connectivity index (χ2n) is 6.07. The minimum absolute atomic E-state index is 0.0589. The third kappa shape index (κ3) is 3.26. The molecule has 0 aliphatic carbocycles. The third-order valence-electron chi connectivity index (χ3n) is 2.86. The molecule has 0 saturated heterocycles. The lowest BCUT2D eigenvalue weighted by molar-refractivity contribution is 0.149. The van der Waals surface area contributed by atoms with E-state index in [0.717, 1.165) is 0 Å². The number of halogens is 4. The molecule has 2 heterocycles. The van der Waals surface area contributed by atoms with Crippen molar-refractivity contribution in [2.24, 2.45) is 5.41 Å². The van der Waals surface area contributed by atoms with E-state index in [1.54, 1.807) is 10.8 Å². The number of aromatic nitrogens is 2. The molecule has 0 unspecified atom stereocenters. The fourth-order valence-electron chi connectivity index (χ4n) is 2.19. The van der Waals surface area contributed by atoms with Gasteiger partial charge < -0.3 is 4.57 Å². The van der Waals surface area contributed by atoms with Crippen LogP contribution in [-0.2, 0) is 13.0 Å². The second kappa shape index (κ2) is 5.28. The largest absolute Gasteiger partial charge is 0.332 e. The molecule has 0 aliphatic rings. The van der Waals surface area contributed by atoms with Gasteiger partial charge in [0.1, 0.15) is 5.65 Å². The van der Waals surface area contributed by atoms with E-state index < -0.39 is 18.7 Å². The third-order valence-corrected chi connectivity index (χ3v) is 3.13. The van der Waals surface area contributed by atoms with E-state index in [1.807, 2.05) is 20.8 Å². The first kappa shape index (κ1) is 15.2. The Morgan fingerprint density at radius 3 is 2.55 bits per heavy atom. The van der Waals surface area contributed by atoms with Crippen molar-refractivity contribution in [3.8, 4) is 0 Å². The Morgan fingerprint density at radius 2 is 2.00 bits per heavy atom. The number of hydrogen-bond donors (Lipinski definition) is 0. The molecular formula is C14H16ClF3N2. The van der Waals surface area contributed by atoms with Gasteiger partial charge in [-0.15, -0.1) is 0 Å². The van der Waals surface area contributed by atoms with Crippen LogP contribution in [0.5, 0.6) is 0 Å². The van der Waals surface area contributed by atoms with Crippen LogP contribution in [0.1, 0.15) is 26.3 Å². The zero-order valence-electron chi connectivity index (χ0n) is 11.6. The van der Waals surface area contributed by atoms with Crippen molar-refractivity contribution in [3.63, 3.8) is 0 Å². The van der Waals surface area contributed by atoms with Gasteiger partial charge in [0.2, 0.25) is 6.43 Å². The van der Waals surface area contributed by atoms with Gasteiger partial charge >= 0.3 is 0 Å². The summed E-state index contributed by atoms with van der Waals surface area (Å²) < 4.78 is 40.5. The molecule has 0 N–H and O–H groups in total. The summed E-state index contributed by atoms with van der Waals surface area (Å²) in [7, 11) is 0. The number of rotatable bonds is 3. The van der Waals surface area contributed by atoms with Crippen LogP contribution >= 0.6 is 11.6 Å². The summed E-state index contributed by atoms with van der Waals surface area (Å²) in [4.78, 5) is 4.00. The molecule has 0 amide bonds. The highest BCUT2D eigenvalue weighted by Gasteiger charge is 2.19. The topological polar surface area (TPSA) is 17.8 Å². The van der Waals surface area contributed by atoms with Crippen LogP contribution in [0.2, 0.25) is 5.15 Å². The molecule has 0 aromatic carbocycles. The lowest BCUT2D eigenvalue weighted by Crippen LogP contribution is -2.15. The van der Waals surface area contributed by atoms with Gasteiger partial charge in [-0.25, -0.2) is 18.2 Å². The van der Waals surface area contributed by atoms with Crippen LogP contribution in [-0.4, -0.2) is 16.0 Å². The van der Waals surface area contributed by atoms with Gasteiger partial charge in [-0.3, -0.25) is 0 Å². The summed E-state index contributed by atoms with van der Waals surface area (Å²) in [6, 6.07) is 1.18. The van der Waals surface area contributed by atoms with Crippen LogP contribution in [0.3, 0.4) is 0 Å². The minimum atomic E-state index is -2.48. The molecule has 0 radical (unpaired) electrons. The van der Waals surface area contributed by atoms with Gasteiger partial charge in [0.25, 0.3) is 0 Å². The maximum Gasteiger partial charge on any atom is 0.242 e. The first-order valence-corrected chi connectivity index (χ1v) is 6.67. The van der Waals surface area contributed by atoms with Gasteiger partial charge in [-0.05, 0) is 17.0 Å². The van der Waals surface area contributed by atoms with E-state index in [-0.39, 0.29) is 10.6 Å². The van der Waals surface area contributed by atoms with Gasteiger partial charge in [0.15, 0.2) is 11.0 Å². The van der Waals surface area contributed by atoms with Crippen molar-refractivity contribution in [1.29, 1.82) is 0 Å². The molecule has 110 valence electrons. The smallest absolute Gasteiger partial charge is 0.242 e. The number of hydrogen-bond acceptors (Lipinski definition) is 1. The van der Waals surface area contributed by atoms with E-state index in [4.69, 9.17) is 11.6 Å². The van der Waals surface area contributed by atoms with Crippen LogP contribution in [0.4, 0.5) is 13.2 Å². The summed E-state index contributed by atoms with van der Waals surface area (Å²) >= 11 is 5.70. The highest BCUT2D eigenvalue weighted by molar-refractivity contribution is 6.29. The molecule has 2 nitrogen and oxygen atoms in total. The summed E-state index contributed by atoms with van der Waals surface area (Å²) in [6.45, 7) is 6.66. The predicted molar refractivity (Wildman–Crippen MR) is 73.9 cm³/mol. The van der Waals surface area contributed by atoms with Gasteiger partial charge in [-0.2, -0.15) is 0 Å². The Morgan fingerprint density at radius 1 is 1.35 bits per heavy atom. The molecule has 0 bridgehead atoms. The van der Waals surface area contributed by atoms with Crippen molar-refractivity contribution < 1.29 is 13.2 Å². The van der Waals surface area contributed by atoms with Crippen molar-refractivity contribution in [1.82, 2.24) is 9.55 Å². The molecule has 2 rings (SSSR count). The molecule has 2 aromatic rings. The van der Waals surface area contributed by atoms with Crippen LogP contribution in [0, 0.1) is 11.2 Å². The average Bonchev–Trinajstić information content (AvgIpc) is 2.55. The zero-order valence-corrected chi connectivity index (χ0v) is 12.3. The summed E-state index contributed by atoms with van der Waals surface area (Å²) in [6.07, 6.45) is -1.29. The fourth-order valence-corrected chi connectivity index (χ4v) is 2.33. The van der Waals surface area contributed by atoms with E-state index in [1.165, 1.54) is 6.07 Å². The van der Waals surface area contributed by atoms with Crippen LogP contribution < -0.4 is 0 Å². The summed E-state index contributed by atoms with van der Waals surface area (Å²) in [5, 5.41) is 0.158. The number of pyridine rings is 1. The fraction of sp³-hybridized carbons (Fsp3) is 0.500. The van der Waals surface area contributed by atoms with E-state index in [2.05, 4.69) is 4.98 Å². The van der Waals surface area contributed by atoms with Crippen molar-refractivity contribution >= 4 is 22.6 Å². The second-order valence-corrected chi connectivity index (χ2v) is 6.43. The van der Waals surface area contributed by atoms with E-state index >= 15 is 0 Å². The minimum Gasteiger partial charge on any atom is -0.332 e. The maximum atomic E-state index is 13.5. The lowest BCUT2D eigenvalue weighted by atomic mass is 9.97. The van der Waals surface area contributed by atoms with Crippen molar-refractivity contribution in [2.45, 2.75) is 40.2 Å². The quantitative estimate of drug-likeness (QED) is 0.753. The molecule has 0 aliphatic heterocycles. The molecular weight excluding hydrogens is 289 g/mol. The Balaban J connectivity index is 2.60. The molecule has 0 atom stereocenters. The monoisotopic (exact) mass is 304 g/mol. The lowest BCUT2D eigenvalue weighted by Gasteiger charge is -2.19. The van der Waals surface area contributed by atoms with Crippen molar-refractivity contribution in [2.75, 3.05) is 0 Å². The summed E-state index contributed by atoms with van der Waals surface area (Å²) in [5.74, 6) is -0.691. The first-order valence-electron chi connectivity index (χ1n) is 6.29. The van der Waals surface area contributed by atoms with Crippen molar-refractivity contribution in [3.05, 3.63) is 28.8 Å². The average molecular weight is 305 g/mol. The Kier molecular flexibility index (Phi) is 4.00. The Labute approximate surface area is 120 Å².